The predicted molar refractivity (Wildman–Crippen MR) is 141 cm³/mol. The van der Waals surface area contributed by atoms with Crippen molar-refractivity contribution in [3.8, 4) is 46.0 Å². The van der Waals surface area contributed by atoms with Crippen LogP contribution in [0.1, 0.15) is 34.6 Å². The van der Waals surface area contributed by atoms with E-state index in [1.165, 1.54) is 30.3 Å². The Bertz CT molecular complexity index is 1740. The third-order valence-electron chi connectivity index (χ3n) is 8.40. The van der Waals surface area contributed by atoms with E-state index in [1.807, 2.05) is 0 Å². The number of aliphatic hydroxyl groups is 2. The number of ketones is 2. The number of carbonyl (C=O) groups is 2. The number of carbonyl (C=O) groups excluding carboxylic acids is 2. The van der Waals surface area contributed by atoms with Crippen molar-refractivity contribution >= 4 is 17.1 Å². The average molecular weight is 577 g/mol. The minimum atomic E-state index is -1.76. The van der Waals surface area contributed by atoms with Crippen LogP contribution in [0.5, 0.6) is 46.0 Å². The summed E-state index contributed by atoms with van der Waals surface area (Å²) in [4.78, 5) is 25.5. The highest BCUT2D eigenvalue weighted by Gasteiger charge is 2.60. The molecule has 1 unspecified atom stereocenters. The number of aromatic hydroxyl groups is 5. The summed E-state index contributed by atoms with van der Waals surface area (Å²) < 4.78 is 18.3. The van der Waals surface area contributed by atoms with Gasteiger partial charge in [-0.15, -0.1) is 0 Å². The number of rotatable bonds is 2. The molecule has 0 amide bonds. The molecule has 0 bridgehead atoms. The fourth-order valence-electron chi connectivity index (χ4n) is 6.40. The largest absolute Gasteiger partial charge is 0.508 e. The van der Waals surface area contributed by atoms with Gasteiger partial charge in [0.15, 0.2) is 23.2 Å². The van der Waals surface area contributed by atoms with Gasteiger partial charge in [-0.3, -0.25) is 9.59 Å². The number of phenolic OH excluding ortho intramolecular Hbond substituents is 5. The van der Waals surface area contributed by atoms with Crippen molar-refractivity contribution in [2.45, 2.75) is 49.3 Å². The normalized spacial score (nSPS) is 27.4. The standard InChI is InChI=1S/C30H24O12/c31-12-4-18(33)14-7-22(37)28(40-24(14)5-12)30-10-23(38)21(36)8-16(30)26-25(42-30)9-19(34)15-6-13(29(39)41-27(15)26)11-1-2-17(32)20(35)3-11/h1-5,8-9,13,22,28-29,31-35,37,39H,6-7,10H2/t13-,22+,28+,29+,30?/m1/s1. The van der Waals surface area contributed by atoms with Gasteiger partial charge in [-0.05, 0) is 30.2 Å². The highest BCUT2D eigenvalue weighted by molar-refractivity contribution is 6.45. The van der Waals surface area contributed by atoms with E-state index in [0.29, 0.717) is 5.56 Å². The molecule has 216 valence electrons. The molecule has 3 aliphatic heterocycles. The van der Waals surface area contributed by atoms with Gasteiger partial charge in [0.05, 0.1) is 24.0 Å². The second kappa shape index (κ2) is 8.78. The lowest BCUT2D eigenvalue weighted by Crippen LogP contribution is -2.59. The molecule has 7 N–H and O–H groups in total. The lowest BCUT2D eigenvalue weighted by Gasteiger charge is -2.43. The molecule has 12 heteroatoms. The first-order valence-corrected chi connectivity index (χ1v) is 13.1. The SMILES string of the molecule is O=C1C=C2c3c(cc(O)c4c3O[C@H](O)[C@@H](c3ccc(O)c(O)c3)C4)OC2([C@H]2Oc3cc(O)cc(O)c3C[C@@H]2O)CC1=O. The number of allylic oxidation sites excluding steroid dienone is 1. The highest BCUT2D eigenvalue weighted by Crippen LogP contribution is 2.59. The third kappa shape index (κ3) is 3.62. The molecule has 1 aliphatic carbocycles. The molecule has 0 radical (unpaired) electrons. The number of ether oxygens (including phenoxy) is 3. The molecule has 0 saturated carbocycles. The Balaban J connectivity index is 1.35. The summed E-state index contributed by atoms with van der Waals surface area (Å²) in [6.45, 7) is 0. The fraction of sp³-hybridized carbons (Fsp3) is 0.267. The Morgan fingerprint density at radius 2 is 1.55 bits per heavy atom. The van der Waals surface area contributed by atoms with E-state index >= 15 is 0 Å². The van der Waals surface area contributed by atoms with E-state index in [9.17, 15) is 45.3 Å². The van der Waals surface area contributed by atoms with Crippen LogP contribution in [-0.4, -0.2) is 71.4 Å². The van der Waals surface area contributed by atoms with Gasteiger partial charge in [-0.2, -0.15) is 0 Å². The first-order valence-electron chi connectivity index (χ1n) is 13.1. The van der Waals surface area contributed by atoms with Gasteiger partial charge in [0.2, 0.25) is 17.9 Å². The minimum Gasteiger partial charge on any atom is -0.508 e. The summed E-state index contributed by atoms with van der Waals surface area (Å²) in [7, 11) is 0. The van der Waals surface area contributed by atoms with Crippen LogP contribution in [-0.2, 0) is 22.4 Å². The zero-order chi connectivity index (χ0) is 29.7. The van der Waals surface area contributed by atoms with Crippen LogP contribution >= 0.6 is 0 Å². The van der Waals surface area contributed by atoms with Gasteiger partial charge in [0.1, 0.15) is 34.5 Å². The fourth-order valence-corrected chi connectivity index (χ4v) is 6.40. The number of aliphatic hydroxyl groups excluding tert-OH is 2. The molecule has 12 nitrogen and oxygen atoms in total. The first kappa shape index (κ1) is 26.0. The summed E-state index contributed by atoms with van der Waals surface area (Å²) in [5.41, 5.74) is -0.513. The Hall–Kier alpha value is -4.94. The molecule has 3 aromatic carbocycles. The Morgan fingerprint density at radius 1 is 0.786 bits per heavy atom. The summed E-state index contributed by atoms with van der Waals surface area (Å²) in [6.07, 6.45) is -3.68. The minimum absolute atomic E-state index is 0.00742. The van der Waals surface area contributed by atoms with Crippen LogP contribution < -0.4 is 14.2 Å². The molecule has 5 atom stereocenters. The van der Waals surface area contributed by atoms with Crippen molar-refractivity contribution in [2.75, 3.05) is 0 Å². The van der Waals surface area contributed by atoms with Gasteiger partial charge in [-0.25, -0.2) is 0 Å². The first-order chi connectivity index (χ1) is 20.0. The van der Waals surface area contributed by atoms with E-state index < -0.39 is 53.8 Å². The van der Waals surface area contributed by atoms with Crippen molar-refractivity contribution in [2.24, 2.45) is 0 Å². The molecule has 0 fully saturated rings. The molecule has 0 aromatic heterocycles. The van der Waals surface area contributed by atoms with Crippen molar-refractivity contribution in [1.29, 1.82) is 0 Å². The van der Waals surface area contributed by atoms with Gasteiger partial charge in [0.25, 0.3) is 0 Å². The monoisotopic (exact) mass is 576 g/mol. The van der Waals surface area contributed by atoms with Crippen LogP contribution in [0.2, 0.25) is 0 Å². The molecule has 0 spiro atoms. The van der Waals surface area contributed by atoms with Gasteiger partial charge in [0, 0.05) is 41.3 Å². The van der Waals surface area contributed by atoms with E-state index in [0.717, 1.165) is 12.1 Å². The molecular formula is C30H24O12. The zero-order valence-corrected chi connectivity index (χ0v) is 21.6. The molecule has 4 aliphatic rings. The maximum absolute atomic E-state index is 12.8. The van der Waals surface area contributed by atoms with Gasteiger partial charge < -0.3 is 50.0 Å². The van der Waals surface area contributed by atoms with Crippen molar-refractivity contribution < 1.29 is 59.5 Å². The Kier molecular flexibility index (Phi) is 5.43. The molecule has 3 aromatic rings. The molecule has 7 rings (SSSR count). The average Bonchev–Trinajstić information content (AvgIpc) is 3.24. The summed E-state index contributed by atoms with van der Waals surface area (Å²) in [5, 5.41) is 73.2. The molecule has 0 saturated heterocycles. The number of phenols is 5. The zero-order valence-electron chi connectivity index (χ0n) is 21.6. The van der Waals surface area contributed by atoms with E-state index in [1.54, 1.807) is 0 Å². The van der Waals surface area contributed by atoms with Crippen LogP contribution in [0.25, 0.3) is 5.57 Å². The molecule has 3 heterocycles. The van der Waals surface area contributed by atoms with Gasteiger partial charge in [-0.1, -0.05) is 6.07 Å². The van der Waals surface area contributed by atoms with Crippen LogP contribution in [0.3, 0.4) is 0 Å². The third-order valence-corrected chi connectivity index (χ3v) is 8.40. The highest BCUT2D eigenvalue weighted by atomic mass is 16.6. The summed E-state index contributed by atoms with van der Waals surface area (Å²) in [6, 6.07) is 7.68. The quantitative estimate of drug-likeness (QED) is 0.172. The summed E-state index contributed by atoms with van der Waals surface area (Å²) in [5.74, 6) is -3.90. The second-order valence-corrected chi connectivity index (χ2v) is 10.9. The van der Waals surface area contributed by atoms with Crippen molar-refractivity contribution in [1.82, 2.24) is 0 Å². The van der Waals surface area contributed by atoms with Crippen molar-refractivity contribution in [3.05, 3.63) is 64.7 Å². The van der Waals surface area contributed by atoms with Crippen LogP contribution in [0, 0.1) is 0 Å². The van der Waals surface area contributed by atoms with E-state index in [4.69, 9.17) is 14.2 Å². The number of hydrogen-bond acceptors (Lipinski definition) is 12. The number of hydrogen-bond donors (Lipinski definition) is 7. The van der Waals surface area contributed by atoms with Crippen LogP contribution in [0.4, 0.5) is 0 Å². The van der Waals surface area contributed by atoms with E-state index in [2.05, 4.69) is 0 Å². The maximum Gasteiger partial charge on any atom is 0.222 e. The Labute approximate surface area is 236 Å². The van der Waals surface area contributed by atoms with Crippen LogP contribution in [0.15, 0.2) is 42.5 Å². The lowest BCUT2D eigenvalue weighted by molar-refractivity contribution is -0.139. The predicted octanol–water partition coefficient (Wildman–Crippen LogP) is 1.67. The lowest BCUT2D eigenvalue weighted by atomic mass is 9.73. The Morgan fingerprint density at radius 3 is 2.31 bits per heavy atom. The van der Waals surface area contributed by atoms with E-state index in [-0.39, 0.29) is 75.4 Å². The topological polar surface area (TPSA) is 203 Å². The molecular weight excluding hydrogens is 552 g/mol. The second-order valence-electron chi connectivity index (χ2n) is 10.9. The smallest absolute Gasteiger partial charge is 0.222 e. The number of fused-ring (bicyclic) bond motifs is 6. The number of Topliss-reactive ketones (excluding diaryl/α,β-unsaturated/α-hetero) is 1. The summed E-state index contributed by atoms with van der Waals surface area (Å²) >= 11 is 0. The van der Waals surface area contributed by atoms with Gasteiger partial charge >= 0.3 is 0 Å². The maximum atomic E-state index is 12.8. The van der Waals surface area contributed by atoms with Crippen molar-refractivity contribution in [3.63, 3.8) is 0 Å². The molecule has 42 heavy (non-hydrogen) atoms. The number of benzene rings is 3.